The van der Waals surface area contributed by atoms with Crippen LogP contribution >= 0.6 is 0 Å². The van der Waals surface area contributed by atoms with Gasteiger partial charge in [0.05, 0.1) is 0 Å². The van der Waals surface area contributed by atoms with E-state index in [2.05, 4.69) is 5.32 Å². The molecule has 154 valence electrons. The molecular weight excluding hydrogens is 370 g/mol. The van der Waals surface area contributed by atoms with Crippen molar-refractivity contribution in [2.75, 3.05) is 26.2 Å². The topological polar surface area (TPSA) is 80.6 Å². The second-order valence-corrected chi connectivity index (χ2v) is 7.48. The molecular formula is C22H27N3O4. The molecule has 1 N–H and O–H groups in total. The molecule has 0 radical (unpaired) electrons. The zero-order chi connectivity index (χ0) is 20.8. The molecule has 0 bridgehead atoms. The fourth-order valence-corrected chi connectivity index (χ4v) is 3.36. The van der Waals surface area contributed by atoms with Crippen LogP contribution in [0.1, 0.15) is 28.8 Å². The monoisotopic (exact) mass is 397 g/mol. The predicted molar refractivity (Wildman–Crippen MR) is 110 cm³/mol. The maximum atomic E-state index is 12.6. The highest BCUT2D eigenvalue weighted by Crippen LogP contribution is 2.18. The second-order valence-electron chi connectivity index (χ2n) is 7.48. The number of rotatable bonds is 6. The van der Waals surface area contributed by atoms with Crippen molar-refractivity contribution in [2.45, 2.75) is 19.8 Å². The van der Waals surface area contributed by atoms with E-state index in [1.54, 1.807) is 30.3 Å². The Hall–Kier alpha value is -3.09. The summed E-state index contributed by atoms with van der Waals surface area (Å²) < 4.78 is 6.90. The molecule has 0 aliphatic carbocycles. The summed E-state index contributed by atoms with van der Waals surface area (Å²) in [7, 11) is 1.64. The van der Waals surface area contributed by atoms with Gasteiger partial charge in [-0.2, -0.15) is 0 Å². The quantitative estimate of drug-likeness (QED) is 0.805. The number of carbonyl (C=O) groups is 2. The van der Waals surface area contributed by atoms with Crippen LogP contribution in [0.4, 0.5) is 0 Å². The molecule has 0 atom stereocenters. The van der Waals surface area contributed by atoms with Crippen molar-refractivity contribution in [1.82, 2.24) is 14.8 Å². The minimum Gasteiger partial charge on any atom is -0.484 e. The molecule has 2 heterocycles. The van der Waals surface area contributed by atoms with E-state index in [1.807, 2.05) is 31.2 Å². The van der Waals surface area contributed by atoms with Crippen molar-refractivity contribution < 1.29 is 14.3 Å². The lowest BCUT2D eigenvalue weighted by atomic mass is 9.96. The summed E-state index contributed by atoms with van der Waals surface area (Å²) >= 11 is 0. The predicted octanol–water partition coefficient (Wildman–Crippen LogP) is 1.74. The van der Waals surface area contributed by atoms with Gasteiger partial charge in [-0.15, -0.1) is 0 Å². The number of benzene rings is 1. The summed E-state index contributed by atoms with van der Waals surface area (Å²) in [5.41, 5.74) is 1.06. The molecule has 1 fully saturated rings. The average Bonchev–Trinajstić information content (AvgIpc) is 2.73. The summed E-state index contributed by atoms with van der Waals surface area (Å²) in [5.74, 6) is 0.600. The van der Waals surface area contributed by atoms with Crippen molar-refractivity contribution in [3.05, 3.63) is 64.1 Å². The SMILES string of the molecule is Cc1ccc(OCC(=O)NCC2CCN(C(=O)c3cccn(C)c3=O)CC2)cc1. The number of aryl methyl sites for hydroxylation is 2. The molecule has 1 aromatic carbocycles. The van der Waals surface area contributed by atoms with Gasteiger partial charge in [-0.3, -0.25) is 14.4 Å². The highest BCUT2D eigenvalue weighted by atomic mass is 16.5. The maximum absolute atomic E-state index is 12.6. The highest BCUT2D eigenvalue weighted by Gasteiger charge is 2.25. The highest BCUT2D eigenvalue weighted by molar-refractivity contribution is 5.93. The van der Waals surface area contributed by atoms with Crippen molar-refractivity contribution in [2.24, 2.45) is 13.0 Å². The fraction of sp³-hybridized carbons (Fsp3) is 0.409. The molecule has 1 saturated heterocycles. The summed E-state index contributed by atoms with van der Waals surface area (Å²) in [6.45, 7) is 3.70. The van der Waals surface area contributed by atoms with Gasteiger partial charge in [-0.1, -0.05) is 17.7 Å². The van der Waals surface area contributed by atoms with E-state index in [4.69, 9.17) is 4.74 Å². The van der Waals surface area contributed by atoms with Crippen LogP contribution < -0.4 is 15.6 Å². The zero-order valence-electron chi connectivity index (χ0n) is 16.9. The first-order valence-electron chi connectivity index (χ1n) is 9.85. The minimum absolute atomic E-state index is 0.0162. The number of nitrogens with one attached hydrogen (secondary N) is 1. The lowest BCUT2D eigenvalue weighted by Crippen LogP contribution is -2.43. The van der Waals surface area contributed by atoms with Gasteiger partial charge < -0.3 is 19.5 Å². The molecule has 2 amide bonds. The molecule has 1 aromatic heterocycles. The molecule has 1 aliphatic heterocycles. The van der Waals surface area contributed by atoms with Crippen LogP contribution in [0, 0.1) is 12.8 Å². The number of aromatic nitrogens is 1. The van der Waals surface area contributed by atoms with Crippen LogP contribution in [0.5, 0.6) is 5.75 Å². The third-order valence-corrected chi connectivity index (χ3v) is 5.23. The van der Waals surface area contributed by atoms with Crippen LogP contribution in [-0.2, 0) is 11.8 Å². The van der Waals surface area contributed by atoms with Gasteiger partial charge in [0.25, 0.3) is 17.4 Å². The van der Waals surface area contributed by atoms with E-state index in [0.29, 0.717) is 31.3 Å². The Labute approximate surface area is 170 Å². The van der Waals surface area contributed by atoms with Gasteiger partial charge in [0.2, 0.25) is 0 Å². The number of carbonyl (C=O) groups excluding carboxylic acids is 2. The van der Waals surface area contributed by atoms with Gasteiger partial charge in [-0.05, 0) is 49.9 Å². The molecule has 7 nitrogen and oxygen atoms in total. The fourth-order valence-electron chi connectivity index (χ4n) is 3.36. The Morgan fingerprint density at radius 1 is 1.14 bits per heavy atom. The number of hydrogen-bond donors (Lipinski definition) is 1. The summed E-state index contributed by atoms with van der Waals surface area (Å²) in [5, 5.41) is 2.91. The van der Waals surface area contributed by atoms with Crippen molar-refractivity contribution in [1.29, 1.82) is 0 Å². The van der Waals surface area contributed by atoms with E-state index in [0.717, 1.165) is 18.4 Å². The molecule has 2 aromatic rings. The number of likely N-dealkylation sites (tertiary alicyclic amines) is 1. The number of piperidine rings is 1. The number of hydrogen-bond acceptors (Lipinski definition) is 4. The lowest BCUT2D eigenvalue weighted by molar-refractivity contribution is -0.123. The van der Waals surface area contributed by atoms with Crippen molar-refractivity contribution >= 4 is 11.8 Å². The molecule has 0 unspecified atom stereocenters. The third kappa shape index (κ3) is 5.47. The Bertz CT molecular complexity index is 912. The molecule has 1 aliphatic rings. The third-order valence-electron chi connectivity index (χ3n) is 5.23. The van der Waals surface area contributed by atoms with Crippen LogP contribution in [0.3, 0.4) is 0 Å². The standard InChI is InChI=1S/C22H27N3O4/c1-16-5-7-18(8-6-16)29-15-20(26)23-14-17-9-12-25(13-10-17)22(28)19-4-3-11-24(2)21(19)27/h3-8,11,17H,9-10,12-15H2,1-2H3,(H,23,26). The summed E-state index contributed by atoms with van der Waals surface area (Å²) in [4.78, 5) is 38.5. The van der Waals surface area contributed by atoms with E-state index in [-0.39, 0.29) is 29.5 Å². The molecule has 3 rings (SSSR count). The second kappa shape index (κ2) is 9.41. The van der Waals surface area contributed by atoms with Crippen LogP contribution in [0.2, 0.25) is 0 Å². The van der Waals surface area contributed by atoms with Crippen LogP contribution in [0.25, 0.3) is 0 Å². The number of amides is 2. The van der Waals surface area contributed by atoms with Gasteiger partial charge in [0.15, 0.2) is 6.61 Å². The molecule has 0 saturated carbocycles. The van der Waals surface area contributed by atoms with Crippen molar-refractivity contribution in [3.63, 3.8) is 0 Å². The Morgan fingerprint density at radius 3 is 2.52 bits per heavy atom. The number of nitrogens with zero attached hydrogens (tertiary/aromatic N) is 2. The first kappa shape index (κ1) is 20.6. The van der Waals surface area contributed by atoms with Crippen LogP contribution in [-0.4, -0.2) is 47.5 Å². The lowest BCUT2D eigenvalue weighted by Gasteiger charge is -2.32. The van der Waals surface area contributed by atoms with Crippen molar-refractivity contribution in [3.8, 4) is 5.75 Å². The largest absolute Gasteiger partial charge is 0.484 e. The maximum Gasteiger partial charge on any atom is 0.263 e. The van der Waals surface area contributed by atoms with E-state index in [9.17, 15) is 14.4 Å². The van der Waals surface area contributed by atoms with Gasteiger partial charge in [0.1, 0.15) is 11.3 Å². The van der Waals surface area contributed by atoms with Gasteiger partial charge >= 0.3 is 0 Å². The zero-order valence-corrected chi connectivity index (χ0v) is 16.9. The normalized spacial score (nSPS) is 14.5. The Kier molecular flexibility index (Phi) is 6.69. The summed E-state index contributed by atoms with van der Waals surface area (Å²) in [6, 6.07) is 10.8. The molecule has 7 heteroatoms. The van der Waals surface area contributed by atoms with Crippen LogP contribution in [0.15, 0.2) is 47.4 Å². The summed E-state index contributed by atoms with van der Waals surface area (Å²) in [6.07, 6.45) is 3.21. The van der Waals surface area contributed by atoms with Gasteiger partial charge in [0, 0.05) is 32.9 Å². The van der Waals surface area contributed by atoms with E-state index < -0.39 is 0 Å². The Morgan fingerprint density at radius 2 is 1.83 bits per heavy atom. The first-order valence-corrected chi connectivity index (χ1v) is 9.85. The molecule has 0 spiro atoms. The molecule has 29 heavy (non-hydrogen) atoms. The van der Waals surface area contributed by atoms with E-state index >= 15 is 0 Å². The minimum atomic E-state index is -0.277. The average molecular weight is 397 g/mol. The Balaban J connectivity index is 1.41. The number of ether oxygens (including phenoxy) is 1. The number of pyridine rings is 1. The van der Waals surface area contributed by atoms with E-state index in [1.165, 1.54) is 4.57 Å². The van der Waals surface area contributed by atoms with Gasteiger partial charge in [-0.25, -0.2) is 0 Å². The first-order chi connectivity index (χ1) is 13.9. The smallest absolute Gasteiger partial charge is 0.263 e.